The highest BCUT2D eigenvalue weighted by molar-refractivity contribution is 5.93. The molecule has 0 fully saturated rings. The molecule has 122 valence electrons. The number of hydrogen-bond acceptors (Lipinski definition) is 1. The molecule has 0 aliphatic heterocycles. The average Bonchev–Trinajstić information content (AvgIpc) is 2.53. The molecule has 0 bridgehead atoms. The van der Waals surface area contributed by atoms with Gasteiger partial charge in [0.05, 0.1) is 0 Å². The van der Waals surface area contributed by atoms with Gasteiger partial charge in [0.1, 0.15) is 6.54 Å². The van der Waals surface area contributed by atoms with E-state index in [4.69, 9.17) is 0 Å². The summed E-state index contributed by atoms with van der Waals surface area (Å²) < 4.78 is 0. The third-order valence-electron chi connectivity index (χ3n) is 3.98. The van der Waals surface area contributed by atoms with E-state index in [0.29, 0.717) is 0 Å². The molecule has 0 radical (unpaired) electrons. The van der Waals surface area contributed by atoms with E-state index in [0.717, 1.165) is 12.2 Å². The first kappa shape index (κ1) is 17.2. The average molecular weight is 311 g/mol. The van der Waals surface area contributed by atoms with E-state index in [9.17, 15) is 4.79 Å². The first-order valence-electron chi connectivity index (χ1n) is 8.15. The minimum atomic E-state index is -0.127. The fourth-order valence-electron chi connectivity index (χ4n) is 2.34. The van der Waals surface area contributed by atoms with Crippen molar-refractivity contribution in [2.45, 2.75) is 45.7 Å². The molecule has 3 nitrogen and oxygen atoms in total. The Morgan fingerprint density at radius 2 is 1.65 bits per heavy atom. The number of anilines is 1. The van der Waals surface area contributed by atoms with E-state index in [-0.39, 0.29) is 17.4 Å². The highest BCUT2D eigenvalue weighted by atomic mass is 16.2. The van der Waals surface area contributed by atoms with Crippen molar-refractivity contribution in [2.75, 3.05) is 5.32 Å². The maximum absolute atomic E-state index is 12.3. The third-order valence-corrected chi connectivity index (χ3v) is 3.98. The summed E-state index contributed by atoms with van der Waals surface area (Å²) >= 11 is 0. The summed E-state index contributed by atoms with van der Waals surface area (Å²) in [4.78, 5) is 12.3. The quantitative estimate of drug-likeness (QED) is 0.876. The van der Waals surface area contributed by atoms with Crippen molar-refractivity contribution < 1.29 is 10.1 Å². The second-order valence-corrected chi connectivity index (χ2v) is 7.03. The van der Waals surface area contributed by atoms with Gasteiger partial charge in [0.25, 0.3) is 5.91 Å². The number of rotatable bonds is 5. The minimum Gasteiger partial charge on any atom is -0.333 e. The highest BCUT2D eigenvalue weighted by Gasteiger charge is 2.17. The Hall–Kier alpha value is -2.13. The fraction of sp³-hybridized carbons (Fsp3) is 0.350. The summed E-state index contributed by atoms with van der Waals surface area (Å²) in [5.41, 5.74) is 3.46. The molecule has 0 spiro atoms. The van der Waals surface area contributed by atoms with Crippen molar-refractivity contribution in [3.05, 3.63) is 65.7 Å². The number of quaternary nitrogens is 1. The van der Waals surface area contributed by atoms with Crippen LogP contribution in [-0.4, -0.2) is 11.9 Å². The first-order valence-corrected chi connectivity index (χ1v) is 8.15. The lowest BCUT2D eigenvalue weighted by Gasteiger charge is -2.19. The van der Waals surface area contributed by atoms with Gasteiger partial charge in [-0.05, 0) is 30.0 Å². The van der Waals surface area contributed by atoms with Gasteiger partial charge < -0.3 is 10.6 Å². The van der Waals surface area contributed by atoms with Gasteiger partial charge in [0.2, 0.25) is 0 Å². The second-order valence-electron chi connectivity index (χ2n) is 7.03. The topological polar surface area (TPSA) is 45.7 Å². The van der Waals surface area contributed by atoms with Crippen molar-refractivity contribution in [3.63, 3.8) is 0 Å². The molecule has 1 atom stereocenters. The van der Waals surface area contributed by atoms with E-state index < -0.39 is 0 Å². The van der Waals surface area contributed by atoms with Gasteiger partial charge >= 0.3 is 0 Å². The minimum absolute atomic E-state index is 0.0319. The molecule has 0 aliphatic rings. The molecule has 2 rings (SSSR count). The molecule has 0 unspecified atom stereocenters. The van der Waals surface area contributed by atoms with Gasteiger partial charge in [-0.1, -0.05) is 63.2 Å². The Morgan fingerprint density at radius 3 is 2.22 bits per heavy atom. The molecular weight excluding hydrogens is 284 g/mol. The number of carbonyl (C=O) groups is 1. The molecule has 0 aromatic heterocycles. The molecule has 1 amide bonds. The Kier molecular flexibility index (Phi) is 5.56. The summed E-state index contributed by atoms with van der Waals surface area (Å²) in [5, 5.41) is 5.04. The van der Waals surface area contributed by atoms with Crippen molar-refractivity contribution in [2.24, 2.45) is 0 Å². The van der Waals surface area contributed by atoms with Gasteiger partial charge in [-0.3, -0.25) is 4.79 Å². The lowest BCUT2D eigenvalue weighted by Crippen LogP contribution is -2.90. The fourth-order valence-corrected chi connectivity index (χ4v) is 2.34. The monoisotopic (exact) mass is 311 g/mol. The number of hydrogen-bond donors (Lipinski definition) is 2. The zero-order valence-electron chi connectivity index (χ0n) is 14.5. The van der Waals surface area contributed by atoms with Crippen molar-refractivity contribution in [1.82, 2.24) is 0 Å². The van der Waals surface area contributed by atoms with Crippen LogP contribution < -0.4 is 10.6 Å². The molecule has 3 heteroatoms. The predicted octanol–water partition coefficient (Wildman–Crippen LogP) is 3.07. The maximum Gasteiger partial charge on any atom is 0.282 e. The van der Waals surface area contributed by atoms with E-state index in [2.05, 4.69) is 50.4 Å². The molecule has 0 heterocycles. The Balaban J connectivity index is 1.88. The summed E-state index contributed by atoms with van der Waals surface area (Å²) in [6.07, 6.45) is 0. The Labute approximate surface area is 139 Å². The summed E-state index contributed by atoms with van der Waals surface area (Å²) in [5.74, 6) is 0.0319. The van der Waals surface area contributed by atoms with Gasteiger partial charge in [0, 0.05) is 11.3 Å². The normalized spacial score (nSPS) is 12.7. The standard InChI is InChI=1S/C20H26N2O/c1-15(21-14-16-8-6-5-7-9-16)19(23)22-18-12-10-17(11-13-18)20(2,3)4/h5-13,15,21H,14H2,1-4H3,(H,22,23)/p+1/t15-/m0/s1. The largest absolute Gasteiger partial charge is 0.333 e. The summed E-state index contributed by atoms with van der Waals surface area (Å²) in [6.45, 7) is 9.28. The van der Waals surface area contributed by atoms with Gasteiger partial charge in [0.15, 0.2) is 6.04 Å². The van der Waals surface area contributed by atoms with Gasteiger partial charge in [-0.15, -0.1) is 0 Å². The van der Waals surface area contributed by atoms with Crippen LogP contribution in [0.2, 0.25) is 0 Å². The Bertz CT molecular complexity index is 627. The highest BCUT2D eigenvalue weighted by Crippen LogP contribution is 2.23. The third kappa shape index (κ3) is 5.22. The Morgan fingerprint density at radius 1 is 1.04 bits per heavy atom. The SMILES string of the molecule is C[C@H]([NH2+]Cc1ccccc1)C(=O)Nc1ccc(C(C)(C)C)cc1. The first-order chi connectivity index (χ1) is 10.9. The smallest absolute Gasteiger partial charge is 0.282 e. The van der Waals surface area contributed by atoms with Gasteiger partial charge in [-0.25, -0.2) is 0 Å². The molecule has 2 aromatic carbocycles. The van der Waals surface area contributed by atoms with E-state index >= 15 is 0 Å². The zero-order valence-corrected chi connectivity index (χ0v) is 14.5. The predicted molar refractivity (Wildman–Crippen MR) is 95.3 cm³/mol. The number of benzene rings is 2. The van der Waals surface area contributed by atoms with Crippen LogP contribution >= 0.6 is 0 Å². The molecule has 0 saturated carbocycles. The van der Waals surface area contributed by atoms with Crippen LogP contribution in [0.25, 0.3) is 0 Å². The van der Waals surface area contributed by atoms with Crippen LogP contribution in [0, 0.1) is 0 Å². The molecule has 3 N–H and O–H groups in total. The van der Waals surface area contributed by atoms with Crippen molar-refractivity contribution in [1.29, 1.82) is 0 Å². The number of carbonyl (C=O) groups excluding carboxylic acids is 1. The van der Waals surface area contributed by atoms with Crippen LogP contribution in [0.4, 0.5) is 5.69 Å². The van der Waals surface area contributed by atoms with Crippen molar-refractivity contribution >= 4 is 11.6 Å². The number of amides is 1. The molecular formula is C20H27N2O+. The van der Waals surface area contributed by atoms with Crippen LogP contribution in [0.5, 0.6) is 0 Å². The van der Waals surface area contributed by atoms with Crippen LogP contribution in [0.3, 0.4) is 0 Å². The zero-order chi connectivity index (χ0) is 16.9. The van der Waals surface area contributed by atoms with Crippen molar-refractivity contribution in [3.8, 4) is 0 Å². The van der Waals surface area contributed by atoms with E-state index in [1.165, 1.54) is 11.1 Å². The lowest BCUT2D eigenvalue weighted by atomic mass is 9.87. The number of nitrogens with two attached hydrogens (primary N) is 1. The lowest BCUT2D eigenvalue weighted by molar-refractivity contribution is -0.688. The van der Waals surface area contributed by atoms with Crippen LogP contribution in [-0.2, 0) is 16.8 Å². The molecule has 0 saturated heterocycles. The second kappa shape index (κ2) is 7.42. The van der Waals surface area contributed by atoms with Gasteiger partial charge in [-0.2, -0.15) is 0 Å². The molecule has 0 aliphatic carbocycles. The van der Waals surface area contributed by atoms with E-state index in [1.54, 1.807) is 0 Å². The van der Waals surface area contributed by atoms with E-state index in [1.807, 2.05) is 42.6 Å². The number of nitrogens with one attached hydrogen (secondary N) is 1. The summed E-state index contributed by atoms with van der Waals surface area (Å²) in [6, 6.07) is 18.2. The maximum atomic E-state index is 12.3. The van der Waals surface area contributed by atoms with Crippen LogP contribution in [0.1, 0.15) is 38.8 Å². The molecule has 23 heavy (non-hydrogen) atoms. The summed E-state index contributed by atoms with van der Waals surface area (Å²) in [7, 11) is 0. The molecule has 2 aromatic rings. The van der Waals surface area contributed by atoms with Crippen LogP contribution in [0.15, 0.2) is 54.6 Å².